The third-order valence-electron chi connectivity index (χ3n) is 2.23. The Morgan fingerprint density at radius 2 is 1.79 bits per heavy atom. The van der Waals surface area contributed by atoms with Crippen LogP contribution in [0.15, 0.2) is 12.1 Å². The molecule has 1 aromatic rings. The molecule has 1 aromatic carbocycles. The molecule has 14 heavy (non-hydrogen) atoms. The summed E-state index contributed by atoms with van der Waals surface area (Å²) in [5.41, 5.74) is 1.15. The number of hydrogen-bond acceptors (Lipinski definition) is 1. The third-order valence-corrected chi connectivity index (χ3v) is 5.06. The second-order valence-electron chi connectivity index (χ2n) is 3.34. The highest BCUT2D eigenvalue weighted by atomic mass is 35.5. The molecule has 0 aliphatic carbocycles. The van der Waals surface area contributed by atoms with Crippen molar-refractivity contribution >= 4 is 46.6 Å². The van der Waals surface area contributed by atoms with Gasteiger partial charge in [0.25, 0.3) is 0 Å². The van der Waals surface area contributed by atoms with Crippen molar-refractivity contribution in [2.24, 2.45) is 0 Å². The van der Waals surface area contributed by atoms with Gasteiger partial charge in [-0.05, 0) is 17.7 Å². The van der Waals surface area contributed by atoms with Crippen molar-refractivity contribution in [1.29, 1.82) is 0 Å². The van der Waals surface area contributed by atoms with E-state index in [0.717, 1.165) is 11.3 Å². The van der Waals surface area contributed by atoms with Gasteiger partial charge in [-0.2, -0.15) is 11.8 Å². The lowest BCUT2D eigenvalue weighted by Crippen LogP contribution is -2.17. The van der Waals surface area contributed by atoms with Crippen LogP contribution in [0, 0.1) is 5.92 Å². The van der Waals surface area contributed by atoms with Gasteiger partial charge in [0, 0.05) is 16.9 Å². The molecule has 1 aliphatic rings. The summed E-state index contributed by atoms with van der Waals surface area (Å²) in [7, 11) is 0. The Labute approximate surface area is 103 Å². The van der Waals surface area contributed by atoms with Crippen molar-refractivity contribution in [1.82, 2.24) is 0 Å². The quantitative estimate of drug-likeness (QED) is 0.643. The van der Waals surface area contributed by atoms with Crippen LogP contribution in [-0.4, -0.2) is 5.75 Å². The molecule has 0 nitrogen and oxygen atoms in total. The molecule has 1 atom stereocenters. The molecular weight excluding hydrogens is 259 g/mol. The molecule has 2 rings (SSSR count). The van der Waals surface area contributed by atoms with Crippen LogP contribution in [0.5, 0.6) is 0 Å². The summed E-state index contributed by atoms with van der Waals surface area (Å²) in [4.78, 5) is 0. The molecule has 1 saturated heterocycles. The van der Waals surface area contributed by atoms with Crippen LogP contribution in [-0.2, 0) is 0 Å². The Bertz CT molecular complexity index is 341. The molecule has 0 aromatic heterocycles. The summed E-state index contributed by atoms with van der Waals surface area (Å²) >= 11 is 19.7. The summed E-state index contributed by atoms with van der Waals surface area (Å²) in [6.45, 7) is 2.15. The first-order valence-corrected chi connectivity index (χ1v) is 6.36. The normalized spacial score (nSPS) is 22.1. The lowest BCUT2D eigenvalue weighted by Gasteiger charge is -2.33. The lowest BCUT2D eigenvalue weighted by molar-refractivity contribution is 0.891. The number of rotatable bonds is 1. The standard InChI is InChI=1S/C10H8Cl3S/c1-5-4-14-10(5)6-2-7(11)9(13)8(12)3-6/h2-3,10H,4H2,1H3. The van der Waals surface area contributed by atoms with Gasteiger partial charge in [-0.15, -0.1) is 0 Å². The number of thioether (sulfide) groups is 1. The van der Waals surface area contributed by atoms with Crippen molar-refractivity contribution in [3.05, 3.63) is 38.7 Å². The summed E-state index contributed by atoms with van der Waals surface area (Å²) in [5, 5.41) is 1.96. The second kappa shape index (κ2) is 4.13. The first kappa shape index (κ1) is 10.9. The predicted molar refractivity (Wildman–Crippen MR) is 65.6 cm³/mol. The minimum Gasteiger partial charge on any atom is -0.153 e. The predicted octanol–water partition coefficient (Wildman–Crippen LogP) is 5.03. The molecule has 1 radical (unpaired) electrons. The van der Waals surface area contributed by atoms with Crippen molar-refractivity contribution in [3.8, 4) is 0 Å². The van der Waals surface area contributed by atoms with Gasteiger partial charge in [0.1, 0.15) is 0 Å². The number of hydrogen-bond donors (Lipinski definition) is 0. The van der Waals surface area contributed by atoms with Gasteiger partial charge >= 0.3 is 0 Å². The van der Waals surface area contributed by atoms with E-state index in [4.69, 9.17) is 34.8 Å². The van der Waals surface area contributed by atoms with Gasteiger partial charge in [-0.1, -0.05) is 41.7 Å². The maximum Gasteiger partial charge on any atom is 0.0778 e. The highest BCUT2D eigenvalue weighted by Gasteiger charge is 2.30. The zero-order chi connectivity index (χ0) is 10.3. The molecule has 0 bridgehead atoms. The monoisotopic (exact) mass is 265 g/mol. The summed E-state index contributed by atoms with van der Waals surface area (Å²) in [6, 6.07) is 3.80. The zero-order valence-electron chi connectivity index (χ0n) is 7.48. The van der Waals surface area contributed by atoms with Gasteiger partial charge in [0.05, 0.1) is 15.1 Å². The van der Waals surface area contributed by atoms with E-state index in [1.54, 1.807) is 0 Å². The number of benzene rings is 1. The van der Waals surface area contributed by atoms with E-state index >= 15 is 0 Å². The van der Waals surface area contributed by atoms with Crippen LogP contribution in [0.25, 0.3) is 0 Å². The Morgan fingerprint density at radius 1 is 1.21 bits per heavy atom. The molecule has 1 aliphatic heterocycles. The molecule has 0 saturated carbocycles. The highest BCUT2D eigenvalue weighted by Crippen LogP contribution is 2.50. The van der Waals surface area contributed by atoms with Crippen molar-refractivity contribution in [3.63, 3.8) is 0 Å². The van der Waals surface area contributed by atoms with Crippen LogP contribution in [0.4, 0.5) is 0 Å². The van der Waals surface area contributed by atoms with E-state index in [0.29, 0.717) is 20.3 Å². The molecule has 1 heterocycles. The maximum atomic E-state index is 5.96. The fourth-order valence-corrected chi connectivity index (χ4v) is 3.05. The molecule has 4 heteroatoms. The molecule has 0 N–H and O–H groups in total. The van der Waals surface area contributed by atoms with E-state index in [1.165, 1.54) is 5.92 Å². The van der Waals surface area contributed by atoms with Gasteiger partial charge in [0.15, 0.2) is 0 Å². The van der Waals surface area contributed by atoms with E-state index < -0.39 is 0 Å². The van der Waals surface area contributed by atoms with Crippen molar-refractivity contribution in [2.45, 2.75) is 12.2 Å². The Kier molecular flexibility index (Phi) is 3.23. The minimum absolute atomic E-state index is 0.444. The SMILES string of the molecule is C[C]1CSC1c1cc(Cl)c(Cl)c(Cl)c1. The van der Waals surface area contributed by atoms with Crippen LogP contribution < -0.4 is 0 Å². The fourth-order valence-electron chi connectivity index (χ4n) is 1.44. The van der Waals surface area contributed by atoms with Crippen LogP contribution in [0.1, 0.15) is 17.7 Å². The van der Waals surface area contributed by atoms with Gasteiger partial charge < -0.3 is 0 Å². The highest BCUT2D eigenvalue weighted by molar-refractivity contribution is 8.01. The van der Waals surface area contributed by atoms with Crippen molar-refractivity contribution in [2.75, 3.05) is 5.75 Å². The average molecular weight is 267 g/mol. The lowest BCUT2D eigenvalue weighted by atomic mass is 10.0. The molecule has 75 valence electrons. The van der Waals surface area contributed by atoms with E-state index in [1.807, 2.05) is 23.9 Å². The van der Waals surface area contributed by atoms with E-state index in [2.05, 4.69) is 6.92 Å². The minimum atomic E-state index is 0.444. The topological polar surface area (TPSA) is 0 Å². The third kappa shape index (κ3) is 1.88. The van der Waals surface area contributed by atoms with Crippen LogP contribution >= 0.6 is 46.6 Å². The molecule has 0 spiro atoms. The molecule has 1 fully saturated rings. The van der Waals surface area contributed by atoms with Crippen LogP contribution in [0.2, 0.25) is 15.1 Å². The zero-order valence-corrected chi connectivity index (χ0v) is 10.6. The Morgan fingerprint density at radius 3 is 2.14 bits per heavy atom. The van der Waals surface area contributed by atoms with Gasteiger partial charge in [-0.25, -0.2) is 0 Å². The molecule has 1 unspecified atom stereocenters. The smallest absolute Gasteiger partial charge is 0.0778 e. The summed E-state index contributed by atoms with van der Waals surface area (Å²) in [5.74, 6) is 2.59. The Balaban J connectivity index is 2.35. The average Bonchev–Trinajstić information content (AvgIpc) is 2.11. The van der Waals surface area contributed by atoms with Gasteiger partial charge in [-0.3, -0.25) is 0 Å². The fraction of sp³-hybridized carbons (Fsp3) is 0.300. The van der Waals surface area contributed by atoms with Gasteiger partial charge in [0.2, 0.25) is 0 Å². The van der Waals surface area contributed by atoms with Crippen LogP contribution in [0.3, 0.4) is 0 Å². The second-order valence-corrected chi connectivity index (χ2v) is 5.62. The largest absolute Gasteiger partial charge is 0.153 e. The summed E-state index contributed by atoms with van der Waals surface area (Å²) < 4.78 is 0. The van der Waals surface area contributed by atoms with E-state index in [9.17, 15) is 0 Å². The van der Waals surface area contributed by atoms with Crippen molar-refractivity contribution < 1.29 is 0 Å². The maximum absolute atomic E-state index is 5.96. The number of halogens is 3. The molecule has 0 amide bonds. The molecular formula is C10H8Cl3S. The Hall–Kier alpha value is 0.440. The van der Waals surface area contributed by atoms with E-state index in [-0.39, 0.29) is 0 Å². The summed E-state index contributed by atoms with van der Waals surface area (Å²) in [6.07, 6.45) is 0. The first-order valence-electron chi connectivity index (χ1n) is 4.18. The first-order chi connectivity index (χ1) is 6.59.